The molecular weight excluding hydrogens is 299 g/mol. The monoisotopic (exact) mass is 310 g/mol. The molecule has 0 saturated heterocycles. The van der Waals surface area contributed by atoms with Gasteiger partial charge in [-0.3, -0.25) is 4.79 Å². The van der Waals surface area contributed by atoms with Gasteiger partial charge in [0.05, 0.1) is 21.9 Å². The van der Waals surface area contributed by atoms with Gasteiger partial charge in [0.2, 0.25) is 0 Å². The summed E-state index contributed by atoms with van der Waals surface area (Å²) in [7, 11) is 0. The van der Waals surface area contributed by atoms with Crippen molar-refractivity contribution in [3.05, 3.63) is 39.9 Å². The number of hydrogen-bond donors (Lipinski definition) is 1. The summed E-state index contributed by atoms with van der Waals surface area (Å²) in [5, 5.41) is 8.31. The van der Waals surface area contributed by atoms with Crippen LogP contribution in [0, 0.1) is 17.1 Å². The van der Waals surface area contributed by atoms with E-state index in [0.29, 0.717) is 9.81 Å². The number of nitrogens with zero attached hydrogens (tertiary/aromatic N) is 1. The topological polar surface area (TPSA) is 76.1 Å². The molecule has 0 bridgehead atoms. The molecule has 0 spiro atoms. The lowest BCUT2D eigenvalue weighted by molar-refractivity contribution is -0.134. The van der Waals surface area contributed by atoms with Crippen LogP contribution in [0.15, 0.2) is 34.1 Å². The SMILES string of the molecule is CSC1=C(C#N)C(N)C(C(=O)Oc2ccccc2F)S1. The summed E-state index contributed by atoms with van der Waals surface area (Å²) in [6, 6.07) is 6.92. The molecule has 0 amide bonds. The average Bonchev–Trinajstić information content (AvgIpc) is 2.77. The number of rotatable bonds is 3. The zero-order chi connectivity index (χ0) is 14.7. The maximum absolute atomic E-state index is 13.4. The Labute approximate surface area is 124 Å². The van der Waals surface area contributed by atoms with Crippen molar-refractivity contribution in [2.24, 2.45) is 5.73 Å². The summed E-state index contributed by atoms with van der Waals surface area (Å²) in [4.78, 5) is 12.1. The Bertz CT molecular complexity index is 613. The molecule has 0 aliphatic carbocycles. The van der Waals surface area contributed by atoms with Crippen molar-refractivity contribution in [2.75, 3.05) is 6.26 Å². The van der Waals surface area contributed by atoms with E-state index in [-0.39, 0.29) is 5.75 Å². The van der Waals surface area contributed by atoms with Crippen LogP contribution in [0.3, 0.4) is 0 Å². The van der Waals surface area contributed by atoms with Gasteiger partial charge in [0.1, 0.15) is 5.25 Å². The molecule has 2 rings (SSSR count). The molecule has 2 atom stereocenters. The second-order valence-electron chi connectivity index (χ2n) is 3.93. The lowest BCUT2D eigenvalue weighted by atomic mass is 10.1. The number of nitrogens with two attached hydrogens (primary N) is 1. The Hall–Kier alpha value is -1.49. The van der Waals surface area contributed by atoms with Crippen LogP contribution in [0.5, 0.6) is 5.75 Å². The molecule has 20 heavy (non-hydrogen) atoms. The molecule has 1 aliphatic rings. The molecule has 7 heteroatoms. The van der Waals surface area contributed by atoms with E-state index in [1.54, 1.807) is 12.3 Å². The van der Waals surface area contributed by atoms with Gasteiger partial charge in [0.15, 0.2) is 11.6 Å². The normalized spacial score (nSPS) is 21.7. The van der Waals surface area contributed by atoms with E-state index in [4.69, 9.17) is 15.7 Å². The molecule has 1 aromatic rings. The Morgan fingerprint density at radius 2 is 2.25 bits per heavy atom. The second kappa shape index (κ2) is 6.31. The molecule has 1 aliphatic heterocycles. The number of para-hydroxylation sites is 1. The predicted octanol–water partition coefficient (Wildman–Crippen LogP) is 2.27. The van der Waals surface area contributed by atoms with Crippen LogP contribution in [-0.2, 0) is 4.79 Å². The third kappa shape index (κ3) is 2.82. The number of thioether (sulfide) groups is 2. The second-order valence-corrected chi connectivity index (χ2v) is 6.16. The summed E-state index contributed by atoms with van der Waals surface area (Å²) in [5.41, 5.74) is 6.26. The maximum Gasteiger partial charge on any atom is 0.326 e. The van der Waals surface area contributed by atoms with Gasteiger partial charge in [-0.2, -0.15) is 5.26 Å². The highest BCUT2D eigenvalue weighted by atomic mass is 32.2. The molecular formula is C13H11FN2O2S2. The molecule has 104 valence electrons. The largest absolute Gasteiger partial charge is 0.423 e. The van der Waals surface area contributed by atoms with Crippen LogP contribution in [0.25, 0.3) is 0 Å². The fourth-order valence-corrected chi connectivity index (χ4v) is 3.77. The summed E-state index contributed by atoms with van der Waals surface area (Å²) < 4.78 is 19.2. The fraction of sp³-hybridized carbons (Fsp3) is 0.231. The third-order valence-corrected chi connectivity index (χ3v) is 5.25. The lowest BCUT2D eigenvalue weighted by Gasteiger charge is -2.14. The Balaban J connectivity index is 2.13. The Kier molecular flexibility index (Phi) is 4.70. The molecule has 2 unspecified atom stereocenters. The highest BCUT2D eigenvalue weighted by molar-refractivity contribution is 8.22. The lowest BCUT2D eigenvalue weighted by Crippen LogP contribution is -2.38. The van der Waals surface area contributed by atoms with Crippen molar-refractivity contribution < 1.29 is 13.9 Å². The van der Waals surface area contributed by atoms with Gasteiger partial charge in [-0.25, -0.2) is 4.39 Å². The Morgan fingerprint density at radius 1 is 1.55 bits per heavy atom. The van der Waals surface area contributed by atoms with Crippen LogP contribution in [0.1, 0.15) is 0 Å². The number of halogens is 1. The quantitative estimate of drug-likeness (QED) is 0.682. The summed E-state index contributed by atoms with van der Waals surface area (Å²) >= 11 is 2.54. The predicted molar refractivity (Wildman–Crippen MR) is 77.5 cm³/mol. The zero-order valence-corrected chi connectivity index (χ0v) is 12.1. The number of hydrogen-bond acceptors (Lipinski definition) is 6. The van der Waals surface area contributed by atoms with Gasteiger partial charge >= 0.3 is 5.97 Å². The van der Waals surface area contributed by atoms with Crippen molar-refractivity contribution in [3.63, 3.8) is 0 Å². The van der Waals surface area contributed by atoms with Crippen LogP contribution < -0.4 is 10.5 Å². The van der Waals surface area contributed by atoms with Crippen LogP contribution in [0.2, 0.25) is 0 Å². The molecule has 0 radical (unpaired) electrons. The van der Waals surface area contributed by atoms with E-state index in [0.717, 1.165) is 0 Å². The van der Waals surface area contributed by atoms with Crippen LogP contribution in [-0.4, -0.2) is 23.5 Å². The minimum atomic E-state index is -0.730. The van der Waals surface area contributed by atoms with Crippen molar-refractivity contribution in [3.8, 4) is 11.8 Å². The van der Waals surface area contributed by atoms with E-state index >= 15 is 0 Å². The molecule has 4 nitrogen and oxygen atoms in total. The Morgan fingerprint density at radius 3 is 2.80 bits per heavy atom. The van der Waals surface area contributed by atoms with Gasteiger partial charge in [-0.15, -0.1) is 23.5 Å². The van der Waals surface area contributed by atoms with E-state index in [1.807, 2.05) is 6.07 Å². The van der Waals surface area contributed by atoms with Gasteiger partial charge in [0.25, 0.3) is 0 Å². The molecule has 2 N–H and O–H groups in total. The smallest absolute Gasteiger partial charge is 0.326 e. The van der Waals surface area contributed by atoms with Crippen molar-refractivity contribution in [1.82, 2.24) is 0 Å². The average molecular weight is 310 g/mol. The van der Waals surface area contributed by atoms with Crippen LogP contribution >= 0.6 is 23.5 Å². The number of carbonyl (C=O) groups excluding carboxylic acids is 1. The minimum absolute atomic E-state index is 0.138. The van der Waals surface area contributed by atoms with Gasteiger partial charge in [0, 0.05) is 0 Å². The van der Waals surface area contributed by atoms with Crippen molar-refractivity contribution in [1.29, 1.82) is 5.26 Å². The van der Waals surface area contributed by atoms with Gasteiger partial charge in [-0.1, -0.05) is 12.1 Å². The van der Waals surface area contributed by atoms with Crippen molar-refractivity contribution in [2.45, 2.75) is 11.3 Å². The summed E-state index contributed by atoms with van der Waals surface area (Å²) in [6.07, 6.45) is 1.80. The molecule has 0 saturated carbocycles. The first kappa shape index (κ1) is 14.9. The highest BCUT2D eigenvalue weighted by Crippen LogP contribution is 2.43. The molecule has 1 aromatic carbocycles. The molecule has 0 fully saturated rings. The van der Waals surface area contributed by atoms with Crippen LogP contribution in [0.4, 0.5) is 4.39 Å². The van der Waals surface area contributed by atoms with E-state index in [9.17, 15) is 9.18 Å². The number of nitriles is 1. The minimum Gasteiger partial charge on any atom is -0.423 e. The first-order valence-electron chi connectivity index (χ1n) is 5.65. The third-order valence-electron chi connectivity index (χ3n) is 2.70. The fourth-order valence-electron chi connectivity index (χ4n) is 1.71. The van der Waals surface area contributed by atoms with E-state index in [1.165, 1.54) is 41.7 Å². The van der Waals surface area contributed by atoms with Gasteiger partial charge in [-0.05, 0) is 18.4 Å². The van der Waals surface area contributed by atoms with Gasteiger partial charge < -0.3 is 10.5 Å². The molecule has 1 heterocycles. The van der Waals surface area contributed by atoms with Crippen molar-refractivity contribution >= 4 is 29.5 Å². The maximum atomic E-state index is 13.4. The number of carbonyl (C=O) groups is 1. The first-order valence-corrected chi connectivity index (χ1v) is 7.75. The standard InChI is InChI=1S/C13H11FN2O2S2/c1-19-13-7(6-15)10(16)11(20-13)12(17)18-9-5-3-2-4-8(9)14/h2-5,10-11H,16H2,1H3. The van der Waals surface area contributed by atoms with E-state index < -0.39 is 23.1 Å². The number of benzene rings is 1. The first-order chi connectivity index (χ1) is 9.58. The summed E-state index contributed by atoms with van der Waals surface area (Å²) in [6.45, 7) is 0. The van der Waals surface area contributed by atoms with E-state index in [2.05, 4.69) is 0 Å². The number of esters is 1. The summed E-state index contributed by atoms with van der Waals surface area (Å²) in [5.74, 6) is -1.40. The zero-order valence-electron chi connectivity index (χ0n) is 10.5. The molecule has 0 aromatic heterocycles. The highest BCUT2D eigenvalue weighted by Gasteiger charge is 2.39. The number of ether oxygens (including phenoxy) is 1.